The summed E-state index contributed by atoms with van der Waals surface area (Å²) < 4.78 is 11.3. The van der Waals surface area contributed by atoms with Crippen LogP contribution < -0.4 is 5.32 Å². The van der Waals surface area contributed by atoms with Crippen molar-refractivity contribution >= 4 is 6.09 Å². The number of rotatable bonds is 4. The van der Waals surface area contributed by atoms with Gasteiger partial charge in [0.2, 0.25) is 0 Å². The van der Waals surface area contributed by atoms with Crippen molar-refractivity contribution < 1.29 is 14.3 Å². The van der Waals surface area contributed by atoms with Crippen LogP contribution in [0.3, 0.4) is 0 Å². The van der Waals surface area contributed by atoms with Crippen molar-refractivity contribution in [3.05, 3.63) is 0 Å². The highest BCUT2D eigenvalue weighted by Gasteiger charge is 2.25. The van der Waals surface area contributed by atoms with E-state index in [1.807, 2.05) is 20.8 Å². The summed E-state index contributed by atoms with van der Waals surface area (Å²) in [5.41, 5.74) is -0.421. The zero-order valence-electron chi connectivity index (χ0n) is 14.3. The molecule has 0 aromatic rings. The van der Waals surface area contributed by atoms with Crippen LogP contribution in [0.1, 0.15) is 33.6 Å². The number of nitrogens with zero attached hydrogens (tertiary/aromatic N) is 2. The topological polar surface area (TPSA) is 54.0 Å². The summed E-state index contributed by atoms with van der Waals surface area (Å²) >= 11 is 0. The molecule has 0 spiro atoms. The van der Waals surface area contributed by atoms with Crippen molar-refractivity contribution in [1.82, 2.24) is 15.1 Å². The molecular weight excluding hydrogens is 282 g/mol. The molecule has 1 N–H and O–H groups in total. The minimum atomic E-state index is -0.421. The Morgan fingerprint density at radius 3 is 2.55 bits per heavy atom. The van der Waals surface area contributed by atoms with Gasteiger partial charge in [0.25, 0.3) is 0 Å². The van der Waals surface area contributed by atoms with E-state index in [1.54, 1.807) is 4.90 Å². The molecule has 1 atom stereocenters. The fourth-order valence-electron chi connectivity index (χ4n) is 2.79. The van der Waals surface area contributed by atoms with Crippen molar-refractivity contribution in [2.75, 3.05) is 52.4 Å². The normalized spacial score (nSPS) is 24.3. The molecule has 2 aliphatic heterocycles. The largest absolute Gasteiger partial charge is 0.444 e. The van der Waals surface area contributed by atoms with Crippen molar-refractivity contribution in [1.29, 1.82) is 0 Å². The molecule has 1 amide bonds. The minimum absolute atomic E-state index is 0.198. The van der Waals surface area contributed by atoms with Gasteiger partial charge >= 0.3 is 6.09 Å². The van der Waals surface area contributed by atoms with E-state index in [9.17, 15) is 4.79 Å². The van der Waals surface area contributed by atoms with Crippen LogP contribution in [0.5, 0.6) is 0 Å². The van der Waals surface area contributed by atoms with Gasteiger partial charge in [0.1, 0.15) is 5.60 Å². The quantitative estimate of drug-likeness (QED) is 0.848. The second-order valence-electron chi connectivity index (χ2n) is 7.15. The summed E-state index contributed by atoms with van der Waals surface area (Å²) in [6.07, 6.45) is 2.55. The molecule has 2 fully saturated rings. The molecule has 6 nitrogen and oxygen atoms in total. The van der Waals surface area contributed by atoms with E-state index in [2.05, 4.69) is 10.2 Å². The number of hydrogen-bond donors (Lipinski definition) is 1. The molecule has 0 aliphatic carbocycles. The van der Waals surface area contributed by atoms with Crippen LogP contribution in [0, 0.1) is 0 Å². The van der Waals surface area contributed by atoms with Gasteiger partial charge in [-0.05, 0) is 40.2 Å². The second-order valence-corrected chi connectivity index (χ2v) is 7.15. The number of nitrogens with one attached hydrogen (secondary N) is 1. The van der Waals surface area contributed by atoms with Gasteiger partial charge in [0, 0.05) is 39.3 Å². The van der Waals surface area contributed by atoms with Gasteiger partial charge in [0.05, 0.1) is 12.7 Å². The third-order valence-corrected chi connectivity index (χ3v) is 4.04. The zero-order chi connectivity index (χ0) is 16.0. The average molecular weight is 313 g/mol. The highest BCUT2D eigenvalue weighted by Crippen LogP contribution is 2.12. The number of carbonyl (C=O) groups is 1. The molecule has 2 aliphatic rings. The average Bonchev–Trinajstić information content (AvgIpc) is 2.47. The van der Waals surface area contributed by atoms with Crippen LogP contribution in [0.2, 0.25) is 0 Å². The number of hydrogen-bond acceptors (Lipinski definition) is 5. The predicted molar refractivity (Wildman–Crippen MR) is 86.1 cm³/mol. The molecule has 22 heavy (non-hydrogen) atoms. The van der Waals surface area contributed by atoms with Crippen molar-refractivity contribution in [2.45, 2.75) is 45.3 Å². The van der Waals surface area contributed by atoms with Crippen molar-refractivity contribution in [3.63, 3.8) is 0 Å². The molecule has 2 rings (SSSR count). The highest BCUT2D eigenvalue weighted by atomic mass is 16.6. The van der Waals surface area contributed by atoms with E-state index in [1.165, 1.54) is 12.8 Å². The maximum atomic E-state index is 12.0. The molecule has 2 saturated heterocycles. The third-order valence-electron chi connectivity index (χ3n) is 4.04. The summed E-state index contributed by atoms with van der Waals surface area (Å²) in [7, 11) is 0. The Morgan fingerprint density at radius 2 is 1.95 bits per heavy atom. The molecule has 0 aromatic heterocycles. The smallest absolute Gasteiger partial charge is 0.410 e. The SMILES string of the molecule is CC(C)(C)OC(=O)N1CCN(CCOC2CCCNC2)CC1. The van der Waals surface area contributed by atoms with Gasteiger partial charge in [-0.2, -0.15) is 0 Å². The lowest BCUT2D eigenvalue weighted by atomic mass is 10.1. The van der Waals surface area contributed by atoms with E-state index in [-0.39, 0.29) is 6.09 Å². The van der Waals surface area contributed by atoms with Crippen LogP contribution >= 0.6 is 0 Å². The van der Waals surface area contributed by atoms with Crippen LogP contribution in [0.25, 0.3) is 0 Å². The summed E-state index contributed by atoms with van der Waals surface area (Å²) in [6.45, 7) is 12.8. The third kappa shape index (κ3) is 6.10. The second kappa shape index (κ2) is 8.13. The first-order chi connectivity index (χ1) is 10.4. The van der Waals surface area contributed by atoms with Gasteiger partial charge in [-0.3, -0.25) is 4.90 Å². The summed E-state index contributed by atoms with van der Waals surface area (Å²) in [5.74, 6) is 0. The fourth-order valence-corrected chi connectivity index (χ4v) is 2.79. The van der Waals surface area contributed by atoms with Crippen LogP contribution in [-0.4, -0.2) is 80.0 Å². The standard InChI is InChI=1S/C16H31N3O3/c1-16(2,3)22-15(20)19-9-7-18(8-10-19)11-12-21-14-5-4-6-17-13-14/h14,17H,4-13H2,1-3H3. The van der Waals surface area contributed by atoms with E-state index >= 15 is 0 Å². The molecule has 0 bridgehead atoms. The number of carbonyl (C=O) groups excluding carboxylic acids is 1. The van der Waals surface area contributed by atoms with Crippen LogP contribution in [0.15, 0.2) is 0 Å². The Hall–Kier alpha value is -0.850. The maximum absolute atomic E-state index is 12.0. The van der Waals surface area contributed by atoms with Gasteiger partial charge in [0.15, 0.2) is 0 Å². The molecule has 0 radical (unpaired) electrons. The number of piperidine rings is 1. The van der Waals surface area contributed by atoms with E-state index < -0.39 is 5.60 Å². The molecular formula is C16H31N3O3. The highest BCUT2D eigenvalue weighted by molar-refractivity contribution is 5.68. The van der Waals surface area contributed by atoms with Crippen LogP contribution in [0.4, 0.5) is 4.79 Å². The molecule has 0 saturated carbocycles. The van der Waals surface area contributed by atoms with Gasteiger partial charge < -0.3 is 19.7 Å². The Balaban J connectivity index is 1.59. The van der Waals surface area contributed by atoms with E-state index in [0.717, 1.165) is 52.4 Å². The maximum Gasteiger partial charge on any atom is 0.410 e. The van der Waals surface area contributed by atoms with Gasteiger partial charge in [-0.15, -0.1) is 0 Å². The molecule has 6 heteroatoms. The molecule has 2 heterocycles. The van der Waals surface area contributed by atoms with E-state index in [4.69, 9.17) is 9.47 Å². The Labute approximate surface area is 134 Å². The minimum Gasteiger partial charge on any atom is -0.444 e. The predicted octanol–water partition coefficient (Wildman–Crippen LogP) is 1.31. The Morgan fingerprint density at radius 1 is 1.23 bits per heavy atom. The van der Waals surface area contributed by atoms with Crippen LogP contribution in [-0.2, 0) is 9.47 Å². The summed E-state index contributed by atoms with van der Waals surface area (Å²) in [5, 5.41) is 3.36. The number of amides is 1. The lowest BCUT2D eigenvalue weighted by molar-refractivity contribution is 0.00216. The first-order valence-electron chi connectivity index (χ1n) is 8.47. The number of piperazine rings is 1. The monoisotopic (exact) mass is 313 g/mol. The number of ether oxygens (including phenoxy) is 2. The molecule has 128 valence electrons. The Bertz CT molecular complexity index is 343. The van der Waals surface area contributed by atoms with Gasteiger partial charge in [-0.1, -0.05) is 0 Å². The first-order valence-corrected chi connectivity index (χ1v) is 8.47. The molecule has 1 unspecified atom stereocenters. The molecule has 0 aromatic carbocycles. The Kier molecular flexibility index (Phi) is 6.47. The lowest BCUT2D eigenvalue weighted by Crippen LogP contribution is -2.50. The van der Waals surface area contributed by atoms with Crippen molar-refractivity contribution in [2.24, 2.45) is 0 Å². The zero-order valence-corrected chi connectivity index (χ0v) is 14.3. The summed E-state index contributed by atoms with van der Waals surface area (Å²) in [4.78, 5) is 16.2. The van der Waals surface area contributed by atoms with Crippen molar-refractivity contribution in [3.8, 4) is 0 Å². The summed E-state index contributed by atoms with van der Waals surface area (Å²) in [6, 6.07) is 0. The first kappa shape index (κ1) is 17.5. The van der Waals surface area contributed by atoms with Gasteiger partial charge in [-0.25, -0.2) is 4.79 Å². The lowest BCUT2D eigenvalue weighted by Gasteiger charge is -2.35. The fraction of sp³-hybridized carbons (Fsp3) is 0.938. The van der Waals surface area contributed by atoms with E-state index in [0.29, 0.717) is 6.10 Å².